The number of nitrogens with one attached hydrogen (secondary N) is 1. The summed E-state index contributed by atoms with van der Waals surface area (Å²) >= 11 is 1.22. The van der Waals surface area contributed by atoms with Crippen molar-refractivity contribution in [1.82, 2.24) is 0 Å². The van der Waals surface area contributed by atoms with E-state index < -0.39 is 11.7 Å². The van der Waals surface area contributed by atoms with Gasteiger partial charge in [0.2, 0.25) is 0 Å². The zero-order valence-corrected chi connectivity index (χ0v) is 11.9. The SMILES string of the molecule is COc1ccc(N)cc1SNc1ccc(C(F)(F)F)cc1. The van der Waals surface area contributed by atoms with Crippen molar-refractivity contribution in [3.8, 4) is 5.75 Å². The number of benzene rings is 2. The Morgan fingerprint density at radius 3 is 2.33 bits per heavy atom. The van der Waals surface area contributed by atoms with Crippen LogP contribution in [0, 0.1) is 0 Å². The molecule has 0 fully saturated rings. The predicted molar refractivity (Wildman–Crippen MR) is 78.3 cm³/mol. The summed E-state index contributed by atoms with van der Waals surface area (Å²) in [6, 6.07) is 9.95. The third-order valence-corrected chi connectivity index (χ3v) is 3.56. The van der Waals surface area contributed by atoms with Gasteiger partial charge in [-0.3, -0.25) is 0 Å². The molecule has 3 N–H and O–H groups in total. The maximum atomic E-state index is 12.5. The number of nitrogens with two attached hydrogens (primary N) is 1. The second-order valence-electron chi connectivity index (χ2n) is 4.19. The topological polar surface area (TPSA) is 47.3 Å². The van der Waals surface area contributed by atoms with E-state index in [4.69, 9.17) is 10.5 Å². The van der Waals surface area contributed by atoms with Crippen LogP contribution in [0.4, 0.5) is 24.5 Å². The quantitative estimate of drug-likeness (QED) is 0.648. The van der Waals surface area contributed by atoms with Crippen LogP contribution in [-0.2, 0) is 6.18 Å². The summed E-state index contributed by atoms with van der Waals surface area (Å²) in [6.07, 6.45) is -4.33. The lowest BCUT2D eigenvalue weighted by Crippen LogP contribution is -2.04. The third kappa shape index (κ3) is 3.98. The fourth-order valence-electron chi connectivity index (χ4n) is 1.61. The maximum absolute atomic E-state index is 12.5. The van der Waals surface area contributed by atoms with Crippen LogP contribution in [0.1, 0.15) is 5.56 Å². The van der Waals surface area contributed by atoms with E-state index in [2.05, 4.69) is 4.72 Å². The lowest BCUT2D eigenvalue weighted by Gasteiger charge is -2.11. The van der Waals surface area contributed by atoms with Crippen molar-refractivity contribution < 1.29 is 17.9 Å². The molecule has 0 bridgehead atoms. The summed E-state index contributed by atoms with van der Waals surface area (Å²) in [5.41, 5.74) is 6.15. The van der Waals surface area contributed by atoms with Gasteiger partial charge in [-0.25, -0.2) is 0 Å². The van der Waals surface area contributed by atoms with Crippen molar-refractivity contribution in [2.45, 2.75) is 11.1 Å². The molecular weight excluding hydrogens is 301 g/mol. The standard InChI is InChI=1S/C14H13F3N2OS/c1-20-12-7-4-10(18)8-13(12)21-19-11-5-2-9(3-6-11)14(15,16)17/h2-8,19H,18H2,1H3. The van der Waals surface area contributed by atoms with Gasteiger partial charge in [-0.1, -0.05) is 0 Å². The molecule has 3 nitrogen and oxygen atoms in total. The number of alkyl halides is 3. The van der Waals surface area contributed by atoms with E-state index in [0.717, 1.165) is 17.0 Å². The summed E-state index contributed by atoms with van der Waals surface area (Å²) in [4.78, 5) is 0.748. The highest BCUT2D eigenvalue weighted by atomic mass is 32.2. The predicted octanol–water partition coefficient (Wildman–Crippen LogP) is 4.42. The lowest BCUT2D eigenvalue weighted by atomic mass is 10.2. The van der Waals surface area contributed by atoms with Crippen LogP contribution in [0.5, 0.6) is 5.75 Å². The molecule has 0 aliphatic carbocycles. The first-order valence-corrected chi connectivity index (χ1v) is 6.75. The number of methoxy groups -OCH3 is 1. The summed E-state index contributed by atoms with van der Waals surface area (Å²) in [5.74, 6) is 0.633. The molecular formula is C14H13F3N2OS. The molecule has 112 valence electrons. The van der Waals surface area contributed by atoms with Crippen LogP contribution < -0.4 is 15.2 Å². The van der Waals surface area contributed by atoms with Crippen molar-refractivity contribution in [3.05, 3.63) is 48.0 Å². The van der Waals surface area contributed by atoms with Crippen molar-refractivity contribution in [2.24, 2.45) is 0 Å². The van der Waals surface area contributed by atoms with Gasteiger partial charge in [0.15, 0.2) is 0 Å². The molecule has 2 aromatic carbocycles. The highest BCUT2D eigenvalue weighted by Gasteiger charge is 2.29. The van der Waals surface area contributed by atoms with E-state index in [-0.39, 0.29) is 0 Å². The number of anilines is 2. The monoisotopic (exact) mass is 314 g/mol. The summed E-state index contributed by atoms with van der Waals surface area (Å²) in [5, 5.41) is 0. The Kier molecular flexibility index (Phi) is 4.52. The molecule has 21 heavy (non-hydrogen) atoms. The fourth-order valence-corrected chi connectivity index (χ4v) is 2.43. The van der Waals surface area contributed by atoms with E-state index in [0.29, 0.717) is 17.1 Å². The molecule has 7 heteroatoms. The van der Waals surface area contributed by atoms with Gasteiger partial charge in [-0.15, -0.1) is 0 Å². The van der Waals surface area contributed by atoms with Crippen molar-refractivity contribution >= 4 is 23.3 Å². The largest absolute Gasteiger partial charge is 0.496 e. The smallest absolute Gasteiger partial charge is 0.416 e. The minimum Gasteiger partial charge on any atom is -0.496 e. The van der Waals surface area contributed by atoms with Gasteiger partial charge in [0.05, 0.1) is 17.6 Å². The minimum atomic E-state index is -4.33. The number of halogens is 3. The molecule has 2 rings (SSSR count). The molecule has 2 aromatic rings. The molecule has 0 saturated heterocycles. The molecule has 0 atom stereocenters. The molecule has 0 spiro atoms. The van der Waals surface area contributed by atoms with Gasteiger partial charge in [-0.2, -0.15) is 13.2 Å². The number of rotatable bonds is 4. The molecule has 0 saturated carbocycles. The summed E-state index contributed by atoms with van der Waals surface area (Å²) in [6.45, 7) is 0. The second kappa shape index (κ2) is 6.17. The average Bonchev–Trinajstić information content (AvgIpc) is 2.45. The molecule has 0 heterocycles. The van der Waals surface area contributed by atoms with E-state index in [9.17, 15) is 13.2 Å². The van der Waals surface area contributed by atoms with Crippen LogP contribution in [-0.4, -0.2) is 7.11 Å². The van der Waals surface area contributed by atoms with Crippen molar-refractivity contribution in [3.63, 3.8) is 0 Å². The Morgan fingerprint density at radius 1 is 1.10 bits per heavy atom. The first-order chi connectivity index (χ1) is 9.90. The molecule has 0 radical (unpaired) electrons. The van der Waals surface area contributed by atoms with Crippen LogP contribution in [0.2, 0.25) is 0 Å². The highest BCUT2D eigenvalue weighted by molar-refractivity contribution is 8.00. The number of hydrogen-bond donors (Lipinski definition) is 2. The fraction of sp³-hybridized carbons (Fsp3) is 0.143. The van der Waals surface area contributed by atoms with E-state index in [1.165, 1.54) is 31.2 Å². The van der Waals surface area contributed by atoms with Crippen LogP contribution in [0.3, 0.4) is 0 Å². The number of hydrogen-bond acceptors (Lipinski definition) is 4. The highest BCUT2D eigenvalue weighted by Crippen LogP contribution is 2.33. The van der Waals surface area contributed by atoms with Crippen LogP contribution in [0.15, 0.2) is 47.4 Å². The normalized spacial score (nSPS) is 11.2. The maximum Gasteiger partial charge on any atom is 0.416 e. The first kappa shape index (κ1) is 15.4. The molecule has 0 unspecified atom stereocenters. The van der Waals surface area contributed by atoms with Gasteiger partial charge < -0.3 is 15.2 Å². The third-order valence-electron chi connectivity index (χ3n) is 2.68. The Labute approximate surface area is 124 Å². The second-order valence-corrected chi connectivity index (χ2v) is 5.04. The molecule has 0 aromatic heterocycles. The molecule has 0 aliphatic rings. The van der Waals surface area contributed by atoms with Crippen LogP contribution in [0.25, 0.3) is 0 Å². The lowest BCUT2D eigenvalue weighted by molar-refractivity contribution is -0.137. The Balaban J connectivity index is 2.08. The Bertz CT molecular complexity index is 615. The molecule has 0 aliphatic heterocycles. The summed E-state index contributed by atoms with van der Waals surface area (Å²) in [7, 11) is 1.54. The van der Waals surface area contributed by atoms with Gasteiger partial charge in [0.25, 0.3) is 0 Å². The Morgan fingerprint density at radius 2 is 1.76 bits per heavy atom. The zero-order valence-electron chi connectivity index (χ0n) is 11.1. The van der Waals surface area contributed by atoms with E-state index in [1.807, 2.05) is 0 Å². The van der Waals surface area contributed by atoms with Gasteiger partial charge in [-0.05, 0) is 54.4 Å². The zero-order chi connectivity index (χ0) is 15.5. The van der Waals surface area contributed by atoms with Gasteiger partial charge in [0.1, 0.15) is 5.75 Å². The Hall–Kier alpha value is -2.02. The van der Waals surface area contributed by atoms with Crippen molar-refractivity contribution in [1.29, 1.82) is 0 Å². The van der Waals surface area contributed by atoms with Gasteiger partial charge >= 0.3 is 6.18 Å². The minimum absolute atomic E-state index is 0.553. The van der Waals surface area contributed by atoms with Crippen LogP contribution >= 0.6 is 11.9 Å². The average molecular weight is 314 g/mol. The number of nitrogen functional groups attached to an aromatic ring is 1. The number of ether oxygens (including phenoxy) is 1. The van der Waals surface area contributed by atoms with Gasteiger partial charge in [0, 0.05) is 11.4 Å². The van der Waals surface area contributed by atoms with Crippen molar-refractivity contribution in [2.75, 3.05) is 17.6 Å². The molecule has 0 amide bonds. The van der Waals surface area contributed by atoms with E-state index >= 15 is 0 Å². The first-order valence-electron chi connectivity index (χ1n) is 5.94. The summed E-state index contributed by atoms with van der Waals surface area (Å²) < 4.78 is 45.5. The van der Waals surface area contributed by atoms with E-state index in [1.54, 1.807) is 18.2 Å².